The Labute approximate surface area is 196 Å². The van der Waals surface area contributed by atoms with Gasteiger partial charge in [0, 0.05) is 32.1 Å². The molecule has 0 aliphatic heterocycles. The van der Waals surface area contributed by atoms with Crippen LogP contribution in [0.1, 0.15) is 84.9 Å². The Hall–Kier alpha value is -2.58. The molecule has 1 aliphatic rings. The van der Waals surface area contributed by atoms with Crippen molar-refractivity contribution in [2.75, 3.05) is 6.54 Å². The van der Waals surface area contributed by atoms with E-state index in [1.165, 1.54) is 19.8 Å². The Bertz CT molecular complexity index is 792. The Morgan fingerprint density at radius 2 is 1.88 bits per heavy atom. The molecule has 9 heteroatoms. The van der Waals surface area contributed by atoms with Crippen molar-refractivity contribution < 1.29 is 29.0 Å². The average Bonchev–Trinajstić information content (AvgIpc) is 3.18. The predicted molar refractivity (Wildman–Crippen MR) is 122 cm³/mol. The van der Waals surface area contributed by atoms with Gasteiger partial charge in [-0.3, -0.25) is 9.59 Å². The number of hydrogen-bond donors (Lipinski definition) is 2. The second-order valence-electron chi connectivity index (χ2n) is 10.2. The van der Waals surface area contributed by atoms with E-state index in [0.29, 0.717) is 25.3 Å². The topological polar surface area (TPSA) is 120 Å². The van der Waals surface area contributed by atoms with Gasteiger partial charge in [-0.25, -0.2) is 9.78 Å². The summed E-state index contributed by atoms with van der Waals surface area (Å²) in [5, 5.41) is 12.2. The lowest BCUT2D eigenvalue weighted by Crippen LogP contribution is -2.33. The number of carboxylic acid groups (broad SMARTS) is 1. The van der Waals surface area contributed by atoms with Gasteiger partial charge in [0.1, 0.15) is 0 Å². The second-order valence-corrected chi connectivity index (χ2v) is 10.2. The number of ether oxygens (including phenoxy) is 2. The largest absolute Gasteiger partial charge is 0.481 e. The smallest absolute Gasteiger partial charge is 0.410 e. The van der Waals surface area contributed by atoms with Crippen molar-refractivity contribution in [3.63, 3.8) is 0 Å². The molecule has 2 rings (SSSR count). The van der Waals surface area contributed by atoms with E-state index in [-0.39, 0.29) is 6.54 Å². The van der Waals surface area contributed by atoms with Crippen LogP contribution in [0.5, 0.6) is 0 Å². The second kappa shape index (κ2) is 12.0. The number of aromatic nitrogens is 2. The number of imidazole rings is 1. The molecular formula is C24H39N3O6. The van der Waals surface area contributed by atoms with Crippen molar-refractivity contribution in [2.24, 2.45) is 17.3 Å². The van der Waals surface area contributed by atoms with E-state index in [4.69, 9.17) is 9.47 Å². The molecule has 2 atom stereocenters. The van der Waals surface area contributed by atoms with E-state index in [2.05, 4.69) is 21.8 Å². The van der Waals surface area contributed by atoms with Crippen LogP contribution >= 0.6 is 0 Å². The summed E-state index contributed by atoms with van der Waals surface area (Å²) in [6, 6.07) is 0.450. The third kappa shape index (κ3) is 9.06. The molecule has 0 aromatic carbocycles. The van der Waals surface area contributed by atoms with Gasteiger partial charge in [0.2, 0.25) is 6.29 Å². The quantitative estimate of drug-likeness (QED) is 0.300. The summed E-state index contributed by atoms with van der Waals surface area (Å²) in [7, 11) is 0. The Morgan fingerprint density at radius 3 is 2.48 bits per heavy atom. The molecule has 1 saturated carbocycles. The highest BCUT2D eigenvalue weighted by Gasteiger charge is 2.26. The first-order chi connectivity index (χ1) is 15.5. The van der Waals surface area contributed by atoms with Crippen LogP contribution in [-0.2, 0) is 25.5 Å². The van der Waals surface area contributed by atoms with Crippen molar-refractivity contribution in [3.05, 3.63) is 18.2 Å². The van der Waals surface area contributed by atoms with Gasteiger partial charge in [-0.05, 0) is 65.2 Å². The first kappa shape index (κ1) is 26.7. The van der Waals surface area contributed by atoms with Crippen LogP contribution < -0.4 is 5.32 Å². The number of nitrogens with one attached hydrogen (secondary N) is 1. The number of hydrogen-bond acceptors (Lipinski definition) is 6. The lowest BCUT2D eigenvalue weighted by molar-refractivity contribution is -0.174. The Balaban J connectivity index is 1.72. The summed E-state index contributed by atoms with van der Waals surface area (Å²) in [6.45, 7) is 9.14. The zero-order valence-electron chi connectivity index (χ0n) is 20.5. The molecule has 0 saturated heterocycles. The molecule has 9 nitrogen and oxygen atoms in total. The zero-order valence-corrected chi connectivity index (χ0v) is 20.5. The van der Waals surface area contributed by atoms with E-state index in [1.807, 2.05) is 12.5 Å². The van der Waals surface area contributed by atoms with Crippen LogP contribution in [0.25, 0.3) is 0 Å². The fraction of sp³-hybridized carbons (Fsp3) is 0.750. The number of nitrogens with zero attached hydrogens (tertiary/aromatic N) is 2. The van der Waals surface area contributed by atoms with E-state index in [9.17, 15) is 19.5 Å². The third-order valence-electron chi connectivity index (χ3n) is 6.02. The van der Waals surface area contributed by atoms with Gasteiger partial charge in [-0.1, -0.05) is 6.92 Å². The monoisotopic (exact) mass is 465 g/mol. The van der Waals surface area contributed by atoms with Crippen molar-refractivity contribution >= 4 is 18.0 Å². The molecule has 2 N–H and O–H groups in total. The molecule has 33 heavy (non-hydrogen) atoms. The molecule has 1 heterocycles. The van der Waals surface area contributed by atoms with Gasteiger partial charge in [-0.2, -0.15) is 0 Å². The van der Waals surface area contributed by atoms with E-state index < -0.39 is 35.7 Å². The number of alkyl carbamates (subject to hydrolysis) is 1. The summed E-state index contributed by atoms with van der Waals surface area (Å²) in [6.07, 6.45) is 8.00. The molecule has 1 aromatic rings. The molecule has 0 bridgehead atoms. The maximum absolute atomic E-state index is 11.9. The first-order valence-electron chi connectivity index (χ1n) is 11.9. The third-order valence-corrected chi connectivity index (χ3v) is 6.02. The van der Waals surface area contributed by atoms with Gasteiger partial charge in [0.05, 0.1) is 23.4 Å². The van der Waals surface area contributed by atoms with Crippen LogP contribution in [0.2, 0.25) is 0 Å². The number of aliphatic carboxylic acids is 1. The minimum atomic E-state index is -1.01. The summed E-state index contributed by atoms with van der Waals surface area (Å²) in [5.41, 5.74) is 0.0907. The Morgan fingerprint density at radius 1 is 1.21 bits per heavy atom. The molecule has 1 amide bonds. The van der Waals surface area contributed by atoms with Crippen LogP contribution in [-0.4, -0.2) is 45.5 Å². The van der Waals surface area contributed by atoms with Gasteiger partial charge in [0.15, 0.2) is 0 Å². The molecule has 1 fully saturated rings. The number of carbonyl (C=O) groups is 3. The predicted octanol–water partition coefficient (Wildman–Crippen LogP) is 4.32. The fourth-order valence-corrected chi connectivity index (χ4v) is 3.87. The highest BCUT2D eigenvalue weighted by atomic mass is 16.7. The van der Waals surface area contributed by atoms with E-state index in [0.717, 1.165) is 24.5 Å². The minimum Gasteiger partial charge on any atom is -0.481 e. The molecule has 1 unspecified atom stereocenters. The first-order valence-corrected chi connectivity index (χ1v) is 11.9. The maximum atomic E-state index is 11.9. The Kier molecular flexibility index (Phi) is 9.73. The van der Waals surface area contributed by atoms with Crippen LogP contribution in [0.4, 0.5) is 4.79 Å². The molecule has 0 radical (unpaired) electrons. The summed E-state index contributed by atoms with van der Waals surface area (Å²) in [4.78, 5) is 39.8. The minimum absolute atomic E-state index is 0.261. The normalized spacial score (nSPS) is 20.5. The molecule has 1 aliphatic carbocycles. The number of esters is 1. The molecule has 1 aromatic heterocycles. The number of carboxylic acids is 1. The van der Waals surface area contributed by atoms with Crippen molar-refractivity contribution in [1.29, 1.82) is 0 Å². The number of rotatable bonds is 10. The van der Waals surface area contributed by atoms with E-state index in [1.54, 1.807) is 20.8 Å². The highest BCUT2D eigenvalue weighted by Crippen LogP contribution is 2.32. The van der Waals surface area contributed by atoms with Gasteiger partial charge < -0.3 is 24.5 Å². The van der Waals surface area contributed by atoms with Crippen LogP contribution in [0.3, 0.4) is 0 Å². The maximum Gasteiger partial charge on any atom is 0.410 e. The van der Waals surface area contributed by atoms with Gasteiger partial charge >= 0.3 is 18.0 Å². The summed E-state index contributed by atoms with van der Waals surface area (Å²) < 4.78 is 12.2. The lowest BCUT2D eigenvalue weighted by atomic mass is 9.87. The molecular weight excluding hydrogens is 426 g/mol. The standard InChI is InChI=1S/C24H39N3O6/c1-16-8-10-20(11-9-16)27-14-19(26-15-27)13-18(21(28)29)7-6-12-25-23(31)33-17(2)32-22(30)24(3,4)5/h14-18,20H,6-13H2,1-5H3,(H,25,31)(H,28,29)/t16-,17?,18-,20-/m0/s1. The summed E-state index contributed by atoms with van der Waals surface area (Å²) in [5.74, 6) is -1.15. The lowest BCUT2D eigenvalue weighted by Gasteiger charge is -2.26. The van der Waals surface area contributed by atoms with Crippen LogP contribution in [0, 0.1) is 17.3 Å². The number of amides is 1. The SMILES string of the molecule is CC(OC(=O)NCCC[C@@H](Cc1cn([C@H]2CC[C@H](C)CC2)cn1)C(=O)O)OC(=O)C(C)(C)C. The fourth-order valence-electron chi connectivity index (χ4n) is 3.87. The van der Waals surface area contributed by atoms with Crippen molar-refractivity contribution in [1.82, 2.24) is 14.9 Å². The summed E-state index contributed by atoms with van der Waals surface area (Å²) >= 11 is 0. The average molecular weight is 466 g/mol. The van der Waals surface area contributed by atoms with E-state index >= 15 is 0 Å². The van der Waals surface area contributed by atoms with Crippen LogP contribution in [0.15, 0.2) is 12.5 Å². The van der Waals surface area contributed by atoms with Crippen molar-refractivity contribution in [3.8, 4) is 0 Å². The zero-order chi connectivity index (χ0) is 24.6. The highest BCUT2D eigenvalue weighted by molar-refractivity contribution is 5.75. The molecule has 186 valence electrons. The van der Waals surface area contributed by atoms with Crippen molar-refractivity contribution in [2.45, 2.75) is 91.9 Å². The van der Waals surface area contributed by atoms with Gasteiger partial charge in [-0.15, -0.1) is 0 Å². The molecule has 0 spiro atoms. The number of carbonyl (C=O) groups excluding carboxylic acids is 2. The van der Waals surface area contributed by atoms with Gasteiger partial charge in [0.25, 0.3) is 0 Å².